The summed E-state index contributed by atoms with van der Waals surface area (Å²) >= 11 is 0. The number of rotatable bonds is 6. The van der Waals surface area contributed by atoms with Crippen molar-refractivity contribution in [1.29, 1.82) is 0 Å². The molecule has 1 heterocycles. The fourth-order valence-electron chi connectivity index (χ4n) is 2.49. The minimum Gasteiger partial charge on any atom is -0.373 e. The molecule has 1 aliphatic rings. The predicted molar refractivity (Wildman–Crippen MR) is 76.0 cm³/mol. The maximum Gasteiger partial charge on any atom is 0.134 e. The van der Waals surface area contributed by atoms with Crippen LogP contribution in [0.4, 0.5) is 11.6 Å². The number of anilines is 2. The Kier molecular flexibility index (Phi) is 3.73. The van der Waals surface area contributed by atoms with E-state index >= 15 is 0 Å². The molecule has 0 saturated heterocycles. The zero-order valence-corrected chi connectivity index (χ0v) is 11.9. The molecule has 1 saturated carbocycles. The molecule has 1 aromatic heterocycles. The van der Waals surface area contributed by atoms with Crippen LogP contribution in [0.15, 0.2) is 6.33 Å². The molecule has 0 aromatic carbocycles. The van der Waals surface area contributed by atoms with Gasteiger partial charge in [0.05, 0.1) is 0 Å². The Labute approximate surface area is 110 Å². The minimum atomic E-state index is 0.496. The van der Waals surface area contributed by atoms with Gasteiger partial charge in [0.15, 0.2) is 0 Å². The van der Waals surface area contributed by atoms with Crippen LogP contribution in [0, 0.1) is 11.3 Å². The summed E-state index contributed by atoms with van der Waals surface area (Å²) in [6.45, 7) is 7.79. The number of nitrogens with one attached hydrogen (secondary N) is 2. The van der Waals surface area contributed by atoms with E-state index in [2.05, 4.69) is 41.4 Å². The van der Waals surface area contributed by atoms with E-state index < -0.39 is 0 Å². The Bertz CT molecular complexity index is 410. The summed E-state index contributed by atoms with van der Waals surface area (Å²) in [4.78, 5) is 8.65. The molecule has 18 heavy (non-hydrogen) atoms. The SMILES string of the molecule is CCc1c(NC)ncnc1NCC1(C(C)C)CC1. The fraction of sp³-hybridized carbons (Fsp3) is 0.714. The molecule has 4 nitrogen and oxygen atoms in total. The molecule has 4 heteroatoms. The quantitative estimate of drug-likeness (QED) is 0.812. The molecule has 0 radical (unpaired) electrons. The van der Waals surface area contributed by atoms with Gasteiger partial charge in [0.25, 0.3) is 0 Å². The molecule has 2 rings (SSSR count). The Morgan fingerprint density at radius 1 is 1.28 bits per heavy atom. The number of hydrogen-bond acceptors (Lipinski definition) is 4. The topological polar surface area (TPSA) is 49.8 Å². The van der Waals surface area contributed by atoms with Gasteiger partial charge in [0, 0.05) is 19.2 Å². The van der Waals surface area contributed by atoms with E-state index in [9.17, 15) is 0 Å². The third-order valence-corrected chi connectivity index (χ3v) is 4.26. The molecule has 2 N–H and O–H groups in total. The lowest BCUT2D eigenvalue weighted by molar-refractivity contribution is 0.379. The molecule has 0 amide bonds. The molecule has 100 valence electrons. The van der Waals surface area contributed by atoms with Gasteiger partial charge in [-0.3, -0.25) is 0 Å². The van der Waals surface area contributed by atoms with E-state index in [0.29, 0.717) is 5.41 Å². The lowest BCUT2D eigenvalue weighted by atomic mass is 9.92. The molecule has 1 aromatic rings. The molecular formula is C14H24N4. The van der Waals surface area contributed by atoms with Crippen LogP contribution in [0.25, 0.3) is 0 Å². The summed E-state index contributed by atoms with van der Waals surface area (Å²) in [7, 11) is 1.90. The first-order chi connectivity index (χ1) is 8.63. The molecule has 1 aliphatic carbocycles. The van der Waals surface area contributed by atoms with Gasteiger partial charge in [0.2, 0.25) is 0 Å². The van der Waals surface area contributed by atoms with Gasteiger partial charge in [-0.1, -0.05) is 20.8 Å². The van der Waals surface area contributed by atoms with Crippen molar-refractivity contribution in [2.24, 2.45) is 11.3 Å². The van der Waals surface area contributed by atoms with Crippen molar-refractivity contribution >= 4 is 11.6 Å². The summed E-state index contributed by atoms with van der Waals surface area (Å²) in [6, 6.07) is 0. The maximum absolute atomic E-state index is 4.39. The first-order valence-corrected chi connectivity index (χ1v) is 6.88. The fourth-order valence-corrected chi connectivity index (χ4v) is 2.49. The molecule has 0 spiro atoms. The van der Waals surface area contributed by atoms with Crippen molar-refractivity contribution in [1.82, 2.24) is 9.97 Å². The highest BCUT2D eigenvalue weighted by molar-refractivity contribution is 5.57. The van der Waals surface area contributed by atoms with Crippen LogP contribution >= 0.6 is 0 Å². The summed E-state index contributed by atoms with van der Waals surface area (Å²) in [6.07, 6.45) is 5.24. The first-order valence-electron chi connectivity index (χ1n) is 6.88. The average Bonchev–Trinajstić information content (AvgIpc) is 3.16. The Balaban J connectivity index is 2.10. The molecule has 0 atom stereocenters. The van der Waals surface area contributed by atoms with E-state index in [1.807, 2.05) is 7.05 Å². The second-order valence-electron chi connectivity index (χ2n) is 5.52. The summed E-state index contributed by atoms with van der Waals surface area (Å²) in [5, 5.41) is 6.66. The van der Waals surface area contributed by atoms with E-state index in [1.54, 1.807) is 6.33 Å². The highest BCUT2D eigenvalue weighted by Crippen LogP contribution is 2.51. The summed E-state index contributed by atoms with van der Waals surface area (Å²) in [5.74, 6) is 2.66. The number of hydrogen-bond donors (Lipinski definition) is 2. The number of nitrogens with zero attached hydrogens (tertiary/aromatic N) is 2. The van der Waals surface area contributed by atoms with Crippen molar-refractivity contribution in [2.45, 2.75) is 40.0 Å². The van der Waals surface area contributed by atoms with Crippen LogP contribution in [0.5, 0.6) is 0 Å². The highest BCUT2D eigenvalue weighted by atomic mass is 15.1. The second-order valence-corrected chi connectivity index (χ2v) is 5.52. The predicted octanol–water partition coefficient (Wildman–Crippen LogP) is 2.93. The van der Waals surface area contributed by atoms with Crippen molar-refractivity contribution < 1.29 is 0 Å². The van der Waals surface area contributed by atoms with Gasteiger partial charge < -0.3 is 10.6 Å². The standard InChI is InChI=1S/C14H24N4/c1-5-11-12(15-4)17-9-18-13(11)16-8-14(6-7-14)10(2)3/h9-10H,5-8H2,1-4H3,(H2,15,16,17,18). The van der Waals surface area contributed by atoms with Crippen molar-refractivity contribution in [3.8, 4) is 0 Å². The zero-order chi connectivity index (χ0) is 13.2. The maximum atomic E-state index is 4.39. The number of aromatic nitrogens is 2. The second kappa shape index (κ2) is 5.12. The minimum absolute atomic E-state index is 0.496. The van der Waals surface area contributed by atoms with Gasteiger partial charge in [-0.15, -0.1) is 0 Å². The largest absolute Gasteiger partial charge is 0.373 e. The molecule has 0 unspecified atom stereocenters. The Morgan fingerprint density at radius 2 is 1.94 bits per heavy atom. The van der Waals surface area contributed by atoms with E-state index in [-0.39, 0.29) is 0 Å². The summed E-state index contributed by atoms with van der Waals surface area (Å²) < 4.78 is 0. The average molecular weight is 248 g/mol. The normalized spacial score (nSPS) is 16.7. The van der Waals surface area contributed by atoms with Crippen LogP contribution in [-0.2, 0) is 6.42 Å². The van der Waals surface area contributed by atoms with Crippen LogP contribution in [0.2, 0.25) is 0 Å². The van der Waals surface area contributed by atoms with Gasteiger partial charge in [-0.05, 0) is 30.6 Å². The monoisotopic (exact) mass is 248 g/mol. The van der Waals surface area contributed by atoms with Crippen LogP contribution in [0.3, 0.4) is 0 Å². The third-order valence-electron chi connectivity index (χ3n) is 4.26. The smallest absolute Gasteiger partial charge is 0.134 e. The van der Waals surface area contributed by atoms with Crippen molar-refractivity contribution in [3.63, 3.8) is 0 Å². The van der Waals surface area contributed by atoms with Crippen LogP contribution in [0.1, 0.15) is 39.2 Å². The first kappa shape index (κ1) is 13.1. The highest BCUT2D eigenvalue weighted by Gasteiger charge is 2.45. The van der Waals surface area contributed by atoms with Crippen molar-refractivity contribution in [3.05, 3.63) is 11.9 Å². The van der Waals surface area contributed by atoms with Gasteiger partial charge in [-0.25, -0.2) is 9.97 Å². The Hall–Kier alpha value is -1.32. The van der Waals surface area contributed by atoms with Gasteiger partial charge in [-0.2, -0.15) is 0 Å². The molecule has 1 fully saturated rings. The summed E-state index contributed by atoms with van der Waals surface area (Å²) in [5.41, 5.74) is 1.68. The van der Waals surface area contributed by atoms with E-state index in [0.717, 1.165) is 30.5 Å². The lowest BCUT2D eigenvalue weighted by Crippen LogP contribution is -2.22. The molecule has 0 aliphatic heterocycles. The van der Waals surface area contributed by atoms with Crippen LogP contribution < -0.4 is 10.6 Å². The zero-order valence-electron chi connectivity index (χ0n) is 11.9. The Morgan fingerprint density at radius 3 is 2.44 bits per heavy atom. The van der Waals surface area contributed by atoms with Crippen LogP contribution in [-0.4, -0.2) is 23.6 Å². The van der Waals surface area contributed by atoms with Gasteiger partial charge >= 0.3 is 0 Å². The molecular weight excluding hydrogens is 224 g/mol. The third kappa shape index (κ3) is 2.42. The van der Waals surface area contributed by atoms with E-state index in [4.69, 9.17) is 0 Å². The van der Waals surface area contributed by atoms with E-state index in [1.165, 1.54) is 18.4 Å². The van der Waals surface area contributed by atoms with Crippen molar-refractivity contribution in [2.75, 3.05) is 24.2 Å². The van der Waals surface area contributed by atoms with Gasteiger partial charge in [0.1, 0.15) is 18.0 Å². The lowest BCUT2D eigenvalue weighted by Gasteiger charge is -2.21. The molecule has 0 bridgehead atoms.